The quantitative estimate of drug-likeness (QED) is 0.389. The predicted molar refractivity (Wildman–Crippen MR) is 103 cm³/mol. The maximum absolute atomic E-state index is 12.0. The van der Waals surface area contributed by atoms with E-state index in [0.717, 1.165) is 24.7 Å². The number of nitrogens with zero attached hydrogens (tertiary/aromatic N) is 2. The monoisotopic (exact) mass is 369 g/mol. The Morgan fingerprint density at radius 3 is 2.79 bits per heavy atom. The van der Waals surface area contributed by atoms with Crippen molar-refractivity contribution < 1.29 is 4.79 Å². The molecule has 0 aromatic carbocycles. The molecule has 0 spiro atoms. The Kier molecular flexibility index (Phi) is 7.36. The van der Waals surface area contributed by atoms with Crippen molar-refractivity contribution in [3.05, 3.63) is 16.1 Å². The van der Waals surface area contributed by atoms with Crippen LogP contribution in [0.3, 0.4) is 0 Å². The van der Waals surface area contributed by atoms with Crippen molar-refractivity contribution >= 4 is 35.0 Å². The van der Waals surface area contributed by atoms with Gasteiger partial charge < -0.3 is 16.0 Å². The second-order valence-corrected chi connectivity index (χ2v) is 8.58. The highest BCUT2D eigenvalue weighted by molar-refractivity contribution is 8.00. The van der Waals surface area contributed by atoms with Crippen molar-refractivity contribution in [3.63, 3.8) is 0 Å². The highest BCUT2D eigenvalue weighted by Gasteiger charge is 2.29. The van der Waals surface area contributed by atoms with Crippen LogP contribution in [0.5, 0.6) is 0 Å². The molecule has 1 fully saturated rings. The highest BCUT2D eigenvalue weighted by Crippen LogP contribution is 2.37. The Balaban J connectivity index is 1.75. The van der Waals surface area contributed by atoms with Crippen LogP contribution in [0.1, 0.15) is 42.1 Å². The van der Waals surface area contributed by atoms with Crippen molar-refractivity contribution in [1.82, 2.24) is 20.9 Å². The third-order valence-corrected chi connectivity index (χ3v) is 6.32. The Hall–Kier alpha value is -1.28. The molecule has 134 valence electrons. The Bertz CT molecular complexity index is 567. The topological polar surface area (TPSA) is 78.4 Å². The summed E-state index contributed by atoms with van der Waals surface area (Å²) in [6, 6.07) is 0. The van der Waals surface area contributed by atoms with E-state index < -0.39 is 0 Å². The van der Waals surface area contributed by atoms with E-state index in [2.05, 4.69) is 34.8 Å². The molecule has 1 unspecified atom stereocenters. The average molecular weight is 370 g/mol. The molecule has 1 amide bonds. The lowest BCUT2D eigenvalue weighted by atomic mass is 10.1. The van der Waals surface area contributed by atoms with Crippen LogP contribution >= 0.6 is 23.1 Å². The summed E-state index contributed by atoms with van der Waals surface area (Å²) >= 11 is 3.38. The first-order valence-electron chi connectivity index (χ1n) is 8.38. The number of amides is 1. The maximum Gasteiger partial charge on any atom is 0.263 e. The summed E-state index contributed by atoms with van der Waals surface area (Å²) < 4.78 is 0.264. The van der Waals surface area contributed by atoms with Gasteiger partial charge in [0.05, 0.1) is 17.7 Å². The lowest BCUT2D eigenvalue weighted by molar-refractivity contribution is 0.0957. The first kappa shape index (κ1) is 19.1. The molecule has 1 saturated heterocycles. The number of rotatable bonds is 7. The van der Waals surface area contributed by atoms with Crippen molar-refractivity contribution in [1.29, 1.82) is 0 Å². The number of hydrogen-bond acceptors (Lipinski definition) is 5. The van der Waals surface area contributed by atoms with Crippen molar-refractivity contribution in [2.24, 2.45) is 4.99 Å². The normalized spacial score (nSPS) is 20.9. The van der Waals surface area contributed by atoms with E-state index in [4.69, 9.17) is 4.99 Å². The number of carbonyl (C=O) groups is 1. The summed E-state index contributed by atoms with van der Waals surface area (Å²) in [5.41, 5.74) is 2.47. The zero-order valence-electron chi connectivity index (χ0n) is 14.6. The van der Waals surface area contributed by atoms with Gasteiger partial charge in [0.15, 0.2) is 5.96 Å². The molecule has 0 bridgehead atoms. The van der Waals surface area contributed by atoms with E-state index in [1.165, 1.54) is 29.9 Å². The lowest BCUT2D eigenvalue weighted by Gasteiger charge is -2.21. The van der Waals surface area contributed by atoms with Gasteiger partial charge in [0, 0.05) is 24.4 Å². The summed E-state index contributed by atoms with van der Waals surface area (Å²) in [6.45, 7) is 9.02. The fourth-order valence-electron chi connectivity index (χ4n) is 2.51. The summed E-state index contributed by atoms with van der Waals surface area (Å²) in [4.78, 5) is 21.5. The standard InChI is InChI=1S/C16H27N5OS2/c1-4-17-15(20-10-16(3)6-5-9-24-16)19-8-7-18-14(22)13-12(2)21-11-23-13/h11H,4-10H2,1-3H3,(H,18,22)(H2,17,19,20). The van der Waals surface area contributed by atoms with Gasteiger partial charge in [-0.3, -0.25) is 9.79 Å². The van der Waals surface area contributed by atoms with Crippen LogP contribution in [-0.4, -0.2) is 53.5 Å². The van der Waals surface area contributed by atoms with Crippen LogP contribution in [0.2, 0.25) is 0 Å². The largest absolute Gasteiger partial charge is 0.357 e. The minimum atomic E-state index is -0.0615. The van der Waals surface area contributed by atoms with Crippen LogP contribution in [0.4, 0.5) is 0 Å². The van der Waals surface area contributed by atoms with Gasteiger partial charge in [-0.05, 0) is 39.4 Å². The van der Waals surface area contributed by atoms with Gasteiger partial charge in [-0.15, -0.1) is 11.3 Å². The summed E-state index contributed by atoms with van der Waals surface area (Å²) in [5.74, 6) is 1.99. The number of carbonyl (C=O) groups excluding carboxylic acids is 1. The van der Waals surface area contributed by atoms with Crippen molar-refractivity contribution in [2.45, 2.75) is 38.4 Å². The maximum atomic E-state index is 12.0. The van der Waals surface area contributed by atoms with Gasteiger partial charge in [0.1, 0.15) is 4.88 Å². The van der Waals surface area contributed by atoms with Gasteiger partial charge in [0.2, 0.25) is 0 Å². The number of thiazole rings is 1. The SMILES string of the molecule is CCNC(=NCC1(C)CCCS1)NCCNC(=O)c1scnc1C. The van der Waals surface area contributed by atoms with Crippen LogP contribution in [0.25, 0.3) is 0 Å². The molecule has 0 radical (unpaired) electrons. The fourth-order valence-corrected chi connectivity index (χ4v) is 4.45. The summed E-state index contributed by atoms with van der Waals surface area (Å²) in [5, 5.41) is 9.45. The molecule has 1 aromatic heterocycles. The molecule has 0 saturated carbocycles. The molecular weight excluding hydrogens is 342 g/mol. The minimum absolute atomic E-state index is 0.0615. The molecule has 24 heavy (non-hydrogen) atoms. The first-order valence-corrected chi connectivity index (χ1v) is 10.2. The second-order valence-electron chi connectivity index (χ2n) is 6.05. The van der Waals surface area contributed by atoms with Crippen LogP contribution < -0.4 is 16.0 Å². The number of aromatic nitrogens is 1. The zero-order chi connectivity index (χ0) is 17.4. The molecule has 8 heteroatoms. The molecular formula is C16H27N5OS2. The van der Waals surface area contributed by atoms with Crippen LogP contribution in [0.15, 0.2) is 10.5 Å². The predicted octanol–water partition coefficient (Wildman–Crippen LogP) is 2.02. The van der Waals surface area contributed by atoms with E-state index >= 15 is 0 Å². The van der Waals surface area contributed by atoms with E-state index in [9.17, 15) is 4.79 Å². The van der Waals surface area contributed by atoms with Crippen molar-refractivity contribution in [2.75, 3.05) is 31.9 Å². The van der Waals surface area contributed by atoms with Crippen molar-refractivity contribution in [3.8, 4) is 0 Å². The van der Waals surface area contributed by atoms with Gasteiger partial charge in [-0.2, -0.15) is 11.8 Å². The van der Waals surface area contributed by atoms with Crippen LogP contribution in [-0.2, 0) is 0 Å². The number of guanidine groups is 1. The molecule has 1 atom stereocenters. The van der Waals surface area contributed by atoms with Gasteiger partial charge in [-0.1, -0.05) is 0 Å². The Morgan fingerprint density at radius 2 is 2.17 bits per heavy atom. The highest BCUT2D eigenvalue weighted by atomic mass is 32.2. The summed E-state index contributed by atoms with van der Waals surface area (Å²) in [7, 11) is 0. The Morgan fingerprint density at radius 1 is 1.38 bits per heavy atom. The molecule has 1 aromatic rings. The number of thioether (sulfide) groups is 1. The van der Waals surface area contributed by atoms with Crippen LogP contribution in [0, 0.1) is 6.92 Å². The molecule has 2 heterocycles. The zero-order valence-corrected chi connectivity index (χ0v) is 16.3. The van der Waals surface area contributed by atoms with E-state index in [0.29, 0.717) is 18.0 Å². The third-order valence-electron chi connectivity index (χ3n) is 3.87. The second kappa shape index (κ2) is 9.27. The number of nitrogens with one attached hydrogen (secondary N) is 3. The number of hydrogen-bond donors (Lipinski definition) is 3. The lowest BCUT2D eigenvalue weighted by Crippen LogP contribution is -2.42. The van der Waals surface area contributed by atoms with Gasteiger partial charge in [-0.25, -0.2) is 4.98 Å². The third kappa shape index (κ3) is 5.66. The molecule has 0 aliphatic carbocycles. The minimum Gasteiger partial charge on any atom is -0.357 e. The number of aliphatic imine (C=N–C) groups is 1. The Labute approximate surface area is 152 Å². The molecule has 2 rings (SSSR count). The number of aryl methyl sites for hydroxylation is 1. The summed E-state index contributed by atoms with van der Waals surface area (Å²) in [6.07, 6.45) is 2.51. The average Bonchev–Trinajstić information content (AvgIpc) is 3.18. The van der Waals surface area contributed by atoms with E-state index in [1.54, 1.807) is 5.51 Å². The van der Waals surface area contributed by atoms with E-state index in [1.807, 2.05) is 18.7 Å². The molecule has 3 N–H and O–H groups in total. The van der Waals surface area contributed by atoms with Gasteiger partial charge in [0.25, 0.3) is 5.91 Å². The molecule has 1 aliphatic rings. The van der Waals surface area contributed by atoms with E-state index in [-0.39, 0.29) is 10.7 Å². The molecule has 6 nitrogen and oxygen atoms in total. The fraction of sp³-hybridized carbons (Fsp3) is 0.688. The molecule has 1 aliphatic heterocycles. The smallest absolute Gasteiger partial charge is 0.263 e. The van der Waals surface area contributed by atoms with Gasteiger partial charge >= 0.3 is 0 Å². The first-order chi connectivity index (χ1) is 11.5.